The van der Waals surface area contributed by atoms with Crippen molar-refractivity contribution in [3.05, 3.63) is 45.1 Å². The Kier molecular flexibility index (Phi) is 6.33. The number of thiophene rings is 1. The van der Waals surface area contributed by atoms with E-state index < -0.39 is 18.5 Å². The normalized spacial score (nSPS) is 16.9. The van der Waals surface area contributed by atoms with Gasteiger partial charge in [0.25, 0.3) is 0 Å². The molecule has 1 fully saturated rings. The number of ether oxygens (including phenoxy) is 2. The van der Waals surface area contributed by atoms with E-state index in [9.17, 15) is 9.59 Å². The fourth-order valence-corrected chi connectivity index (χ4v) is 4.67. The molecule has 2 aromatic rings. The lowest BCUT2D eigenvalue weighted by atomic mass is 10.2. The molecule has 3 heterocycles. The van der Waals surface area contributed by atoms with Gasteiger partial charge in [-0.1, -0.05) is 12.1 Å². The highest BCUT2D eigenvalue weighted by Gasteiger charge is 2.33. The molecule has 0 aliphatic carbocycles. The number of amides is 2. The first kappa shape index (κ1) is 22.1. The van der Waals surface area contributed by atoms with Crippen molar-refractivity contribution in [2.45, 2.75) is 20.1 Å². The topological polar surface area (TPSA) is 86.7 Å². The Bertz CT molecular complexity index is 1140. The van der Waals surface area contributed by atoms with Crippen molar-refractivity contribution in [3.63, 3.8) is 0 Å². The molecule has 10 heteroatoms. The fourth-order valence-electron chi connectivity index (χ4n) is 3.78. The van der Waals surface area contributed by atoms with Gasteiger partial charge >= 0.3 is 12.2 Å². The fraction of sp³-hybridized carbons (Fsp3) is 0.409. The van der Waals surface area contributed by atoms with E-state index in [4.69, 9.17) is 14.5 Å². The molecule has 0 bridgehead atoms. The zero-order valence-electron chi connectivity index (χ0n) is 18.6. The molecule has 0 radical (unpaired) electrons. The van der Waals surface area contributed by atoms with Gasteiger partial charge in [0.15, 0.2) is 0 Å². The van der Waals surface area contributed by atoms with Crippen molar-refractivity contribution < 1.29 is 19.1 Å². The summed E-state index contributed by atoms with van der Waals surface area (Å²) in [6.07, 6.45) is -2.36. The van der Waals surface area contributed by atoms with Gasteiger partial charge in [0.2, 0.25) is 6.29 Å². The predicted octanol–water partition coefficient (Wildman–Crippen LogP) is 1.98. The number of aryl methyl sites for hydroxylation is 1. The Morgan fingerprint density at radius 1 is 1.16 bits per heavy atom. The van der Waals surface area contributed by atoms with Crippen LogP contribution in [0.1, 0.15) is 11.8 Å². The molecule has 32 heavy (non-hydrogen) atoms. The highest BCUT2D eigenvalue weighted by Crippen LogP contribution is 2.34. The Balaban J connectivity index is 1.83. The van der Waals surface area contributed by atoms with Crippen LogP contribution < -0.4 is 20.1 Å². The molecular formula is C22H27N5O4S. The van der Waals surface area contributed by atoms with E-state index in [1.54, 1.807) is 16.2 Å². The number of alkyl carbamates (subject to hydrolysis) is 1. The monoisotopic (exact) mass is 457 g/mol. The minimum Gasteiger partial charge on any atom is -0.409 e. The van der Waals surface area contributed by atoms with Crippen LogP contribution in [0.15, 0.2) is 35.3 Å². The maximum atomic E-state index is 13.5. The molecule has 2 amide bonds. The second kappa shape index (κ2) is 9.17. The number of fused-ring (bicyclic) bond motifs is 2. The first-order valence-corrected chi connectivity index (χ1v) is 11.3. The molecule has 1 unspecified atom stereocenters. The van der Waals surface area contributed by atoms with Crippen LogP contribution in [0.5, 0.6) is 0 Å². The van der Waals surface area contributed by atoms with Crippen molar-refractivity contribution >= 4 is 40.7 Å². The molecule has 2 aliphatic rings. The number of carbonyl (C=O) groups is 2. The largest absolute Gasteiger partial charge is 0.423 e. The number of hydrogen-bond donors (Lipinski definition) is 1. The van der Waals surface area contributed by atoms with Gasteiger partial charge in [-0.15, -0.1) is 11.3 Å². The van der Waals surface area contributed by atoms with Gasteiger partial charge in [0.05, 0.1) is 16.6 Å². The van der Waals surface area contributed by atoms with E-state index in [1.165, 1.54) is 14.0 Å². The summed E-state index contributed by atoms with van der Waals surface area (Å²) in [6.45, 7) is 6.81. The second-order valence-electron chi connectivity index (χ2n) is 7.73. The van der Waals surface area contributed by atoms with Gasteiger partial charge in [-0.25, -0.2) is 19.5 Å². The van der Waals surface area contributed by atoms with Gasteiger partial charge in [0.1, 0.15) is 10.5 Å². The molecule has 170 valence electrons. The molecule has 9 nitrogen and oxygen atoms in total. The van der Waals surface area contributed by atoms with Gasteiger partial charge in [-0.2, -0.15) is 0 Å². The molecule has 0 spiro atoms. The van der Waals surface area contributed by atoms with Crippen molar-refractivity contribution in [2.24, 2.45) is 4.99 Å². The summed E-state index contributed by atoms with van der Waals surface area (Å²) in [5.41, 5.74) is 1.30. The summed E-state index contributed by atoms with van der Waals surface area (Å²) in [7, 11) is 3.53. The predicted molar refractivity (Wildman–Crippen MR) is 122 cm³/mol. The highest BCUT2D eigenvalue weighted by atomic mass is 32.1. The highest BCUT2D eigenvalue weighted by molar-refractivity contribution is 7.09. The number of benzene rings is 1. The van der Waals surface area contributed by atoms with Gasteiger partial charge in [-0.05, 0) is 32.2 Å². The van der Waals surface area contributed by atoms with Crippen molar-refractivity contribution in [1.29, 1.82) is 0 Å². The summed E-state index contributed by atoms with van der Waals surface area (Å²) in [4.78, 5) is 37.1. The van der Waals surface area contributed by atoms with E-state index >= 15 is 0 Å². The third-order valence-corrected chi connectivity index (χ3v) is 6.31. The third kappa shape index (κ3) is 4.42. The summed E-state index contributed by atoms with van der Waals surface area (Å²) in [5, 5.41) is 3.25. The SMILES string of the molecule is CNC(=O)OC(C)OC(=O)N1C(N2CCN(C)CC2)=c2cc(C)sc2=Nc2ccccc21. The van der Waals surface area contributed by atoms with Crippen molar-refractivity contribution in [2.75, 3.05) is 45.2 Å². The maximum absolute atomic E-state index is 13.5. The number of anilines is 1. The molecule has 0 saturated carbocycles. The first-order chi connectivity index (χ1) is 15.4. The number of likely N-dealkylation sites (N-methyl/N-ethyl adjacent to an activating group) is 1. The van der Waals surface area contributed by atoms with Crippen molar-refractivity contribution in [1.82, 2.24) is 15.1 Å². The van der Waals surface area contributed by atoms with Crippen LogP contribution in [0.3, 0.4) is 0 Å². The Hall–Kier alpha value is -3.11. The standard InChI is InChI=1S/C22H27N5O4S/c1-14-13-16-19(32-14)24-17-7-5-6-8-18(17)27(20(16)26-11-9-25(4)10-12-26)22(29)31-15(2)30-21(28)23-3/h5-8,13,15H,9-12H2,1-4H3,(H,23,28). The number of nitrogens with one attached hydrogen (secondary N) is 1. The van der Waals surface area contributed by atoms with E-state index in [1.807, 2.05) is 31.2 Å². The van der Waals surface area contributed by atoms with Crippen LogP contribution in [0.25, 0.3) is 5.82 Å². The van der Waals surface area contributed by atoms with Crippen LogP contribution in [-0.2, 0) is 9.47 Å². The van der Waals surface area contributed by atoms with Crippen molar-refractivity contribution in [3.8, 4) is 0 Å². The van der Waals surface area contributed by atoms with E-state index in [-0.39, 0.29) is 0 Å². The van der Waals surface area contributed by atoms with E-state index in [2.05, 4.69) is 28.2 Å². The summed E-state index contributed by atoms with van der Waals surface area (Å²) >= 11 is 1.59. The molecular weight excluding hydrogens is 430 g/mol. The summed E-state index contributed by atoms with van der Waals surface area (Å²) < 4.78 is 11.5. The third-order valence-electron chi connectivity index (χ3n) is 5.36. The number of hydrogen-bond acceptors (Lipinski definition) is 8. The molecule has 2 aliphatic heterocycles. The number of para-hydroxylation sites is 2. The smallest absolute Gasteiger partial charge is 0.409 e. The molecule has 4 rings (SSSR count). The molecule has 1 N–H and O–H groups in total. The van der Waals surface area contributed by atoms with Crippen LogP contribution >= 0.6 is 11.3 Å². The van der Waals surface area contributed by atoms with Crippen LogP contribution in [0, 0.1) is 6.92 Å². The average Bonchev–Trinajstić information content (AvgIpc) is 3.06. The lowest BCUT2D eigenvalue weighted by Crippen LogP contribution is -2.51. The Labute approximate surface area is 190 Å². The van der Waals surface area contributed by atoms with E-state index in [0.717, 1.165) is 46.8 Å². The number of carbonyl (C=O) groups excluding carboxylic acids is 2. The summed E-state index contributed by atoms with van der Waals surface area (Å²) in [5.74, 6) is 0.739. The second-order valence-corrected chi connectivity index (χ2v) is 8.97. The number of piperazine rings is 1. The molecule has 1 aromatic carbocycles. The molecule has 1 aromatic heterocycles. The van der Waals surface area contributed by atoms with Gasteiger partial charge in [0, 0.05) is 45.0 Å². The Morgan fingerprint density at radius 3 is 2.59 bits per heavy atom. The zero-order chi connectivity index (χ0) is 22.8. The minimum absolute atomic E-state index is 0.625. The number of rotatable bonds is 3. The molecule has 1 atom stereocenters. The lowest BCUT2D eigenvalue weighted by Gasteiger charge is -2.39. The van der Waals surface area contributed by atoms with E-state index in [0.29, 0.717) is 11.4 Å². The van der Waals surface area contributed by atoms with Crippen LogP contribution in [0.4, 0.5) is 21.0 Å². The maximum Gasteiger partial charge on any atom is 0.423 e. The van der Waals surface area contributed by atoms with Gasteiger partial charge in [-0.3, -0.25) is 0 Å². The quantitative estimate of drug-likeness (QED) is 0.710. The number of nitrogens with zero attached hydrogens (tertiary/aromatic N) is 4. The minimum atomic E-state index is -1.06. The van der Waals surface area contributed by atoms with Gasteiger partial charge < -0.3 is 24.6 Å². The van der Waals surface area contributed by atoms with Crippen LogP contribution in [0.2, 0.25) is 0 Å². The zero-order valence-corrected chi connectivity index (χ0v) is 19.4. The summed E-state index contributed by atoms with van der Waals surface area (Å²) in [6, 6.07) is 9.55. The van der Waals surface area contributed by atoms with Crippen LogP contribution in [-0.4, -0.2) is 68.6 Å². The Morgan fingerprint density at radius 2 is 1.88 bits per heavy atom. The lowest BCUT2D eigenvalue weighted by molar-refractivity contribution is -0.0445. The first-order valence-electron chi connectivity index (χ1n) is 10.5. The molecule has 1 saturated heterocycles. The average molecular weight is 458 g/mol.